The van der Waals surface area contributed by atoms with Crippen LogP contribution in [-0.4, -0.2) is 52.9 Å². The van der Waals surface area contributed by atoms with Crippen molar-refractivity contribution < 1.29 is 21.9 Å². The highest BCUT2D eigenvalue weighted by Crippen LogP contribution is 1.94. The number of sulfone groups is 1. The molecule has 0 heterocycles. The molecule has 2 N–H and O–H groups in total. The molecule has 1 atom stereocenters. The third-order valence-electron chi connectivity index (χ3n) is 1.69. The van der Waals surface area contributed by atoms with Gasteiger partial charge in [0.15, 0.2) is 0 Å². The number of sulfonamides is 1. The maximum absolute atomic E-state index is 11.2. The van der Waals surface area contributed by atoms with Crippen LogP contribution in [0.15, 0.2) is 0 Å². The second-order valence-electron chi connectivity index (χ2n) is 3.58. The molecule has 8 heteroatoms. The Balaban J connectivity index is 4.10. The van der Waals surface area contributed by atoms with Crippen LogP contribution in [0.3, 0.4) is 0 Å². The van der Waals surface area contributed by atoms with Gasteiger partial charge in [0.05, 0.1) is 11.5 Å². The lowest BCUT2D eigenvalue weighted by molar-refractivity contribution is 0.238. The van der Waals surface area contributed by atoms with Gasteiger partial charge in [-0.15, -0.1) is 0 Å². The van der Waals surface area contributed by atoms with E-state index in [-0.39, 0.29) is 19.1 Å². The molecule has 6 nitrogen and oxygen atoms in total. The van der Waals surface area contributed by atoms with Gasteiger partial charge in [-0.05, 0) is 5.92 Å². The number of aliphatic hydroxyl groups excluding tert-OH is 1. The first kappa shape index (κ1) is 14.8. The van der Waals surface area contributed by atoms with E-state index >= 15 is 0 Å². The van der Waals surface area contributed by atoms with Gasteiger partial charge in [0, 0.05) is 19.4 Å². The van der Waals surface area contributed by atoms with Crippen LogP contribution in [0.4, 0.5) is 0 Å². The third kappa shape index (κ3) is 8.79. The van der Waals surface area contributed by atoms with Crippen LogP contribution in [0.25, 0.3) is 0 Å². The molecular weight excluding hydrogens is 242 g/mol. The highest BCUT2D eigenvalue weighted by molar-refractivity contribution is 7.93. The van der Waals surface area contributed by atoms with E-state index in [4.69, 9.17) is 5.11 Å². The molecule has 0 saturated carbocycles. The fourth-order valence-corrected chi connectivity index (χ4v) is 3.44. The summed E-state index contributed by atoms with van der Waals surface area (Å²) >= 11 is 0. The molecular formula is C7H17NO5S2. The lowest BCUT2D eigenvalue weighted by atomic mass is 10.2. The summed E-state index contributed by atoms with van der Waals surface area (Å²) < 4.78 is 46.2. The highest BCUT2D eigenvalue weighted by atomic mass is 32.2. The minimum absolute atomic E-state index is 0.114. The first-order valence-electron chi connectivity index (χ1n) is 4.42. The van der Waals surface area contributed by atoms with Crippen LogP contribution in [0.2, 0.25) is 0 Å². The van der Waals surface area contributed by atoms with Crippen molar-refractivity contribution in [1.29, 1.82) is 0 Å². The average molecular weight is 259 g/mol. The second kappa shape index (κ2) is 5.78. The summed E-state index contributed by atoms with van der Waals surface area (Å²) in [6, 6.07) is 0. The Morgan fingerprint density at radius 1 is 1.20 bits per heavy atom. The Morgan fingerprint density at radius 3 is 2.13 bits per heavy atom. The summed E-state index contributed by atoms with van der Waals surface area (Å²) in [6.07, 6.45) is 0.985. The molecule has 0 aromatic carbocycles. The minimum atomic E-state index is -3.56. The van der Waals surface area contributed by atoms with Crippen molar-refractivity contribution in [3.8, 4) is 0 Å². The standard InChI is InChI=1S/C7H17NO5S2/c1-7(6-9)5-8-15(12,13)4-3-14(2,10)11/h7-9H,3-6H2,1-2H3. The normalized spacial score (nSPS) is 15.1. The Hall–Kier alpha value is -0.180. The lowest BCUT2D eigenvalue weighted by Crippen LogP contribution is -2.33. The zero-order valence-electron chi connectivity index (χ0n) is 8.80. The molecule has 15 heavy (non-hydrogen) atoms. The van der Waals surface area contributed by atoms with Gasteiger partial charge in [0.2, 0.25) is 10.0 Å². The summed E-state index contributed by atoms with van der Waals surface area (Å²) in [5, 5.41) is 8.66. The molecule has 0 aliphatic rings. The van der Waals surface area contributed by atoms with Crippen molar-refractivity contribution in [2.75, 3.05) is 30.9 Å². The van der Waals surface area contributed by atoms with Gasteiger partial charge in [-0.3, -0.25) is 0 Å². The average Bonchev–Trinajstić information content (AvgIpc) is 2.10. The summed E-state index contributed by atoms with van der Waals surface area (Å²) in [4.78, 5) is 0. The predicted octanol–water partition coefficient (Wildman–Crippen LogP) is -1.42. The number of hydrogen-bond acceptors (Lipinski definition) is 5. The van der Waals surface area contributed by atoms with Gasteiger partial charge in [0.25, 0.3) is 0 Å². The van der Waals surface area contributed by atoms with Crippen LogP contribution in [0, 0.1) is 5.92 Å². The molecule has 0 saturated heterocycles. The monoisotopic (exact) mass is 259 g/mol. The largest absolute Gasteiger partial charge is 0.396 e. The summed E-state index contributed by atoms with van der Waals surface area (Å²) in [5.41, 5.74) is 0. The summed E-state index contributed by atoms with van der Waals surface area (Å²) in [5.74, 6) is -1.02. The first-order chi connectivity index (χ1) is 6.66. The van der Waals surface area contributed by atoms with Crippen LogP contribution in [0.1, 0.15) is 6.92 Å². The molecule has 0 radical (unpaired) electrons. The van der Waals surface area contributed by atoms with Gasteiger partial charge in [0.1, 0.15) is 9.84 Å². The zero-order chi connectivity index (χ0) is 12.1. The van der Waals surface area contributed by atoms with Crippen molar-refractivity contribution in [3.05, 3.63) is 0 Å². The van der Waals surface area contributed by atoms with Gasteiger partial charge >= 0.3 is 0 Å². The van der Waals surface area contributed by atoms with E-state index in [0.29, 0.717) is 0 Å². The van der Waals surface area contributed by atoms with E-state index in [1.165, 1.54) is 0 Å². The second-order valence-corrected chi connectivity index (χ2v) is 7.77. The minimum Gasteiger partial charge on any atom is -0.396 e. The van der Waals surface area contributed by atoms with Crippen LogP contribution < -0.4 is 4.72 Å². The van der Waals surface area contributed by atoms with E-state index in [9.17, 15) is 16.8 Å². The zero-order valence-corrected chi connectivity index (χ0v) is 10.4. The number of nitrogens with one attached hydrogen (secondary N) is 1. The van der Waals surface area contributed by atoms with E-state index < -0.39 is 31.4 Å². The van der Waals surface area contributed by atoms with E-state index in [1.807, 2.05) is 0 Å². The van der Waals surface area contributed by atoms with Crippen molar-refractivity contribution in [2.45, 2.75) is 6.92 Å². The molecule has 0 rings (SSSR count). The van der Waals surface area contributed by atoms with Crippen molar-refractivity contribution in [3.63, 3.8) is 0 Å². The molecule has 0 fully saturated rings. The van der Waals surface area contributed by atoms with Crippen molar-refractivity contribution in [1.82, 2.24) is 4.72 Å². The van der Waals surface area contributed by atoms with Crippen molar-refractivity contribution >= 4 is 19.9 Å². The molecule has 1 unspecified atom stereocenters. The maximum Gasteiger partial charge on any atom is 0.212 e. The molecule has 0 aliphatic carbocycles. The number of aliphatic hydroxyl groups is 1. The molecule has 0 spiro atoms. The smallest absolute Gasteiger partial charge is 0.212 e. The Bertz CT molecular complexity index is 372. The third-order valence-corrected chi connectivity index (χ3v) is 4.24. The molecule has 0 bridgehead atoms. The summed E-state index contributed by atoms with van der Waals surface area (Å²) in [7, 11) is -6.83. The van der Waals surface area contributed by atoms with Gasteiger partial charge < -0.3 is 5.11 Å². The number of rotatable bonds is 7. The first-order valence-corrected chi connectivity index (χ1v) is 8.13. The Kier molecular flexibility index (Phi) is 5.71. The maximum atomic E-state index is 11.2. The van der Waals surface area contributed by atoms with E-state index in [0.717, 1.165) is 6.26 Å². The Morgan fingerprint density at radius 2 is 1.73 bits per heavy atom. The SMILES string of the molecule is CC(CO)CNS(=O)(=O)CCS(C)(=O)=O. The fraction of sp³-hybridized carbons (Fsp3) is 1.00. The van der Waals surface area contributed by atoms with E-state index in [1.54, 1.807) is 6.92 Å². The van der Waals surface area contributed by atoms with Crippen molar-refractivity contribution in [2.24, 2.45) is 5.92 Å². The molecule has 0 aromatic rings. The molecule has 0 aromatic heterocycles. The van der Waals surface area contributed by atoms with Gasteiger partial charge in [-0.2, -0.15) is 0 Å². The fourth-order valence-electron chi connectivity index (χ4n) is 0.667. The molecule has 0 amide bonds. The topological polar surface area (TPSA) is 101 Å². The van der Waals surface area contributed by atoms with Crippen LogP contribution in [0.5, 0.6) is 0 Å². The van der Waals surface area contributed by atoms with Crippen LogP contribution >= 0.6 is 0 Å². The van der Waals surface area contributed by atoms with Crippen LogP contribution in [-0.2, 0) is 19.9 Å². The van der Waals surface area contributed by atoms with E-state index in [2.05, 4.69) is 4.72 Å². The van der Waals surface area contributed by atoms with Gasteiger partial charge in [-0.25, -0.2) is 21.6 Å². The molecule has 92 valence electrons. The van der Waals surface area contributed by atoms with Gasteiger partial charge in [-0.1, -0.05) is 6.92 Å². The predicted molar refractivity (Wildman–Crippen MR) is 57.8 cm³/mol. The lowest BCUT2D eigenvalue weighted by Gasteiger charge is -2.09. The highest BCUT2D eigenvalue weighted by Gasteiger charge is 2.14. The summed E-state index contributed by atoms with van der Waals surface area (Å²) in [6.45, 7) is 1.68. The molecule has 0 aliphatic heterocycles. The number of hydrogen-bond donors (Lipinski definition) is 2. The Labute approximate surface area is 90.7 Å². The quantitative estimate of drug-likeness (QED) is 0.584.